The summed E-state index contributed by atoms with van der Waals surface area (Å²) in [6, 6.07) is 0. The molecule has 1 unspecified atom stereocenters. The Morgan fingerprint density at radius 1 is 1.75 bits per heavy atom. The molecule has 1 aliphatic rings. The lowest BCUT2D eigenvalue weighted by atomic mass is 10.1. The van der Waals surface area contributed by atoms with Crippen molar-refractivity contribution in [3.63, 3.8) is 0 Å². The van der Waals surface area contributed by atoms with Crippen LogP contribution in [-0.2, 0) is 9.57 Å². The standard InChI is InChI=1S/C8H15NO3/c1-3-11-8(10)9-5-4-7(2)6-12-9/h7H,3-6H2,1-2H3. The largest absolute Gasteiger partial charge is 0.448 e. The van der Waals surface area contributed by atoms with Gasteiger partial charge in [-0.05, 0) is 19.3 Å². The summed E-state index contributed by atoms with van der Waals surface area (Å²) in [5.41, 5.74) is 0. The van der Waals surface area contributed by atoms with E-state index in [4.69, 9.17) is 9.57 Å². The topological polar surface area (TPSA) is 38.8 Å². The number of ether oxygens (including phenoxy) is 1. The molecule has 1 rings (SSSR count). The van der Waals surface area contributed by atoms with Gasteiger partial charge in [-0.1, -0.05) is 6.92 Å². The van der Waals surface area contributed by atoms with Gasteiger partial charge in [0.2, 0.25) is 0 Å². The highest BCUT2D eigenvalue weighted by Gasteiger charge is 2.21. The average Bonchev–Trinajstić information content (AvgIpc) is 2.06. The fourth-order valence-corrected chi connectivity index (χ4v) is 1.04. The molecule has 4 nitrogen and oxygen atoms in total. The van der Waals surface area contributed by atoms with Gasteiger partial charge in [-0.15, -0.1) is 0 Å². The fourth-order valence-electron chi connectivity index (χ4n) is 1.04. The van der Waals surface area contributed by atoms with Crippen molar-refractivity contribution in [1.29, 1.82) is 0 Å². The molecule has 0 spiro atoms. The van der Waals surface area contributed by atoms with Gasteiger partial charge in [0, 0.05) is 0 Å². The van der Waals surface area contributed by atoms with Gasteiger partial charge in [0.1, 0.15) is 0 Å². The molecule has 0 aromatic heterocycles. The van der Waals surface area contributed by atoms with Gasteiger partial charge in [-0.25, -0.2) is 4.79 Å². The van der Waals surface area contributed by atoms with Crippen molar-refractivity contribution in [3.8, 4) is 0 Å². The van der Waals surface area contributed by atoms with Crippen molar-refractivity contribution in [3.05, 3.63) is 0 Å². The summed E-state index contributed by atoms with van der Waals surface area (Å²) in [5.74, 6) is 0.538. The van der Waals surface area contributed by atoms with E-state index >= 15 is 0 Å². The van der Waals surface area contributed by atoms with Gasteiger partial charge in [0.25, 0.3) is 0 Å². The third-order valence-corrected chi connectivity index (χ3v) is 1.81. The Bertz CT molecular complexity index is 152. The molecule has 0 aliphatic carbocycles. The maximum atomic E-state index is 11.1. The van der Waals surface area contributed by atoms with Crippen LogP contribution in [0.2, 0.25) is 0 Å². The molecular weight excluding hydrogens is 158 g/mol. The number of carbonyl (C=O) groups excluding carboxylic acids is 1. The molecule has 1 fully saturated rings. The zero-order valence-electron chi connectivity index (χ0n) is 7.58. The van der Waals surface area contributed by atoms with Crippen LogP contribution >= 0.6 is 0 Å². The molecule has 1 saturated heterocycles. The number of hydrogen-bond donors (Lipinski definition) is 0. The van der Waals surface area contributed by atoms with Crippen molar-refractivity contribution in [1.82, 2.24) is 5.06 Å². The molecule has 0 aromatic carbocycles. The first-order chi connectivity index (χ1) is 5.74. The Labute approximate surface area is 72.4 Å². The molecule has 0 aromatic rings. The maximum Gasteiger partial charge on any atom is 0.433 e. The predicted octanol–water partition coefficient (Wildman–Crippen LogP) is 1.42. The van der Waals surface area contributed by atoms with Crippen LogP contribution in [0.4, 0.5) is 4.79 Å². The molecule has 1 aliphatic heterocycles. The van der Waals surface area contributed by atoms with Crippen LogP contribution in [0.1, 0.15) is 20.3 Å². The normalized spacial score (nSPS) is 23.8. The molecule has 0 saturated carbocycles. The number of nitrogens with zero attached hydrogens (tertiary/aromatic N) is 1. The number of carbonyl (C=O) groups is 1. The summed E-state index contributed by atoms with van der Waals surface area (Å²) < 4.78 is 4.78. The van der Waals surface area contributed by atoms with E-state index in [1.165, 1.54) is 5.06 Å². The van der Waals surface area contributed by atoms with Gasteiger partial charge in [0.15, 0.2) is 0 Å². The van der Waals surface area contributed by atoms with E-state index < -0.39 is 0 Å². The second kappa shape index (κ2) is 4.30. The van der Waals surface area contributed by atoms with E-state index in [2.05, 4.69) is 6.92 Å². The molecule has 0 bridgehead atoms. The third kappa shape index (κ3) is 2.37. The van der Waals surface area contributed by atoms with Crippen LogP contribution < -0.4 is 0 Å². The van der Waals surface area contributed by atoms with E-state index in [9.17, 15) is 4.79 Å². The summed E-state index contributed by atoms with van der Waals surface area (Å²) in [7, 11) is 0. The van der Waals surface area contributed by atoms with E-state index in [1.807, 2.05) is 0 Å². The fraction of sp³-hybridized carbons (Fsp3) is 0.875. The molecule has 12 heavy (non-hydrogen) atoms. The van der Waals surface area contributed by atoms with Crippen LogP contribution in [0.15, 0.2) is 0 Å². The van der Waals surface area contributed by atoms with E-state index in [-0.39, 0.29) is 6.09 Å². The maximum absolute atomic E-state index is 11.1. The minimum Gasteiger partial charge on any atom is -0.448 e. The summed E-state index contributed by atoms with van der Waals surface area (Å²) >= 11 is 0. The zero-order chi connectivity index (χ0) is 8.97. The SMILES string of the molecule is CCOC(=O)N1CCC(C)CO1. The molecule has 1 atom stereocenters. The molecule has 1 heterocycles. The molecule has 1 amide bonds. The van der Waals surface area contributed by atoms with Gasteiger partial charge >= 0.3 is 6.09 Å². The quantitative estimate of drug-likeness (QED) is 0.602. The van der Waals surface area contributed by atoms with Gasteiger partial charge in [-0.3, -0.25) is 4.84 Å². The van der Waals surface area contributed by atoms with E-state index in [1.54, 1.807) is 6.92 Å². The van der Waals surface area contributed by atoms with Crippen LogP contribution in [0.3, 0.4) is 0 Å². The van der Waals surface area contributed by atoms with Crippen LogP contribution in [0.25, 0.3) is 0 Å². The van der Waals surface area contributed by atoms with Crippen LogP contribution in [0, 0.1) is 5.92 Å². The van der Waals surface area contributed by atoms with Crippen LogP contribution in [0.5, 0.6) is 0 Å². The van der Waals surface area contributed by atoms with Gasteiger partial charge < -0.3 is 4.74 Å². The predicted molar refractivity (Wildman–Crippen MR) is 43.5 cm³/mol. The Hall–Kier alpha value is -0.770. The number of hydrogen-bond acceptors (Lipinski definition) is 3. The minimum absolute atomic E-state index is 0.371. The lowest BCUT2D eigenvalue weighted by molar-refractivity contribution is -0.170. The smallest absolute Gasteiger partial charge is 0.433 e. The summed E-state index contributed by atoms with van der Waals surface area (Å²) in [5, 5.41) is 1.30. The Balaban J connectivity index is 2.29. The number of rotatable bonds is 1. The molecular formula is C8H15NO3. The zero-order valence-corrected chi connectivity index (χ0v) is 7.58. The van der Waals surface area contributed by atoms with Crippen molar-refractivity contribution >= 4 is 6.09 Å². The lowest BCUT2D eigenvalue weighted by Crippen LogP contribution is -2.38. The Morgan fingerprint density at radius 3 is 3.00 bits per heavy atom. The van der Waals surface area contributed by atoms with E-state index in [0.717, 1.165) is 6.42 Å². The monoisotopic (exact) mass is 173 g/mol. The highest BCUT2D eigenvalue weighted by molar-refractivity contribution is 5.66. The third-order valence-electron chi connectivity index (χ3n) is 1.81. The molecule has 0 radical (unpaired) electrons. The summed E-state index contributed by atoms with van der Waals surface area (Å²) in [6.45, 7) is 5.53. The molecule has 4 heteroatoms. The first-order valence-electron chi connectivity index (χ1n) is 4.31. The minimum atomic E-state index is -0.371. The Kier molecular flexibility index (Phi) is 3.34. The highest BCUT2D eigenvalue weighted by atomic mass is 16.7. The Morgan fingerprint density at radius 2 is 2.50 bits per heavy atom. The van der Waals surface area contributed by atoms with Crippen molar-refractivity contribution < 1.29 is 14.4 Å². The molecule has 70 valence electrons. The summed E-state index contributed by atoms with van der Waals surface area (Å²) in [4.78, 5) is 16.2. The number of hydroxylamine groups is 2. The molecule has 0 N–H and O–H groups in total. The van der Waals surface area contributed by atoms with Crippen molar-refractivity contribution in [2.24, 2.45) is 5.92 Å². The van der Waals surface area contributed by atoms with Crippen LogP contribution in [-0.4, -0.2) is 30.9 Å². The second-order valence-electron chi connectivity index (χ2n) is 2.99. The lowest BCUT2D eigenvalue weighted by Gasteiger charge is -2.28. The average molecular weight is 173 g/mol. The first-order valence-corrected chi connectivity index (χ1v) is 4.31. The second-order valence-corrected chi connectivity index (χ2v) is 2.99. The highest BCUT2D eigenvalue weighted by Crippen LogP contribution is 2.13. The number of amides is 1. The van der Waals surface area contributed by atoms with Crippen molar-refractivity contribution in [2.75, 3.05) is 19.8 Å². The van der Waals surface area contributed by atoms with Gasteiger partial charge in [-0.2, -0.15) is 5.06 Å². The van der Waals surface area contributed by atoms with Crippen molar-refractivity contribution in [2.45, 2.75) is 20.3 Å². The van der Waals surface area contributed by atoms with Gasteiger partial charge in [0.05, 0.1) is 19.8 Å². The summed E-state index contributed by atoms with van der Waals surface area (Å²) in [6.07, 6.45) is 0.614. The first kappa shape index (κ1) is 9.32. The van der Waals surface area contributed by atoms with E-state index in [0.29, 0.717) is 25.7 Å².